The first-order chi connectivity index (χ1) is 9.65. The van der Waals surface area contributed by atoms with Gasteiger partial charge in [0.25, 0.3) is 0 Å². The molecule has 0 amide bonds. The Balaban J connectivity index is 2.20. The quantitative estimate of drug-likeness (QED) is 0.582. The smallest absolute Gasteiger partial charge is 0.211 e. The molecule has 0 radical (unpaired) electrons. The van der Waals surface area contributed by atoms with Crippen LogP contribution in [0.1, 0.15) is 26.7 Å². The lowest BCUT2D eigenvalue weighted by molar-refractivity contribution is 0.557. The number of rotatable bonds is 3. The number of nitrogens with zero attached hydrogens (tertiary/aromatic N) is 2. The van der Waals surface area contributed by atoms with Crippen molar-refractivity contribution in [3.8, 4) is 0 Å². The van der Waals surface area contributed by atoms with Crippen LogP contribution in [0.15, 0.2) is 56.8 Å². The molecule has 0 saturated heterocycles. The van der Waals surface area contributed by atoms with Crippen molar-refractivity contribution in [2.75, 3.05) is 0 Å². The van der Waals surface area contributed by atoms with Crippen LogP contribution in [0.25, 0.3) is 0 Å². The fourth-order valence-corrected chi connectivity index (χ4v) is 2.65. The van der Waals surface area contributed by atoms with E-state index in [1.54, 1.807) is 12.2 Å². The number of hydrogen-bond donors (Lipinski definition) is 0. The molecule has 0 fully saturated rings. The predicted molar refractivity (Wildman–Crippen MR) is 76.1 cm³/mol. The van der Waals surface area contributed by atoms with E-state index >= 15 is 0 Å². The maximum atomic E-state index is 10.3. The summed E-state index contributed by atoms with van der Waals surface area (Å²) < 4.78 is 0. The average molecular weight is 268 g/mol. The van der Waals surface area contributed by atoms with E-state index in [1.807, 2.05) is 25.2 Å². The van der Waals surface area contributed by atoms with Crippen LogP contribution in [-0.4, -0.2) is 12.2 Å². The van der Waals surface area contributed by atoms with E-state index in [4.69, 9.17) is 0 Å². The van der Waals surface area contributed by atoms with Gasteiger partial charge in [-0.3, -0.25) is 0 Å². The minimum atomic E-state index is 0.225. The summed E-state index contributed by atoms with van der Waals surface area (Å²) in [7, 11) is 0. The van der Waals surface area contributed by atoms with Crippen LogP contribution in [0.3, 0.4) is 0 Å². The number of aliphatic imine (C=N–C) groups is 2. The molecule has 0 saturated carbocycles. The molecule has 2 aliphatic carbocycles. The van der Waals surface area contributed by atoms with Crippen molar-refractivity contribution in [3.05, 3.63) is 46.8 Å². The fourth-order valence-electron chi connectivity index (χ4n) is 2.65. The maximum absolute atomic E-state index is 10.3. The monoisotopic (exact) mass is 268 g/mol. The molecule has 4 heteroatoms. The average Bonchev–Trinajstić information content (AvgIpc) is 2.44. The Hall–Kier alpha value is -2.28. The van der Waals surface area contributed by atoms with Gasteiger partial charge in [-0.25, -0.2) is 9.59 Å². The van der Waals surface area contributed by atoms with Crippen molar-refractivity contribution in [3.63, 3.8) is 0 Å². The second-order valence-corrected chi connectivity index (χ2v) is 5.13. The fraction of sp³-hybridized carbons (Fsp3) is 0.375. The summed E-state index contributed by atoms with van der Waals surface area (Å²) in [6.07, 6.45) is 12.9. The van der Waals surface area contributed by atoms with Gasteiger partial charge in [0.15, 0.2) is 0 Å². The van der Waals surface area contributed by atoms with Crippen LogP contribution in [0, 0.1) is 11.8 Å². The maximum Gasteiger partial charge on any atom is 0.240 e. The zero-order valence-electron chi connectivity index (χ0n) is 11.6. The molecular weight excluding hydrogens is 252 g/mol. The molecule has 0 aromatic rings. The van der Waals surface area contributed by atoms with Gasteiger partial charge in [0.05, 0.1) is 11.4 Å². The van der Waals surface area contributed by atoms with Crippen LogP contribution in [0.2, 0.25) is 0 Å². The van der Waals surface area contributed by atoms with Gasteiger partial charge in [-0.1, -0.05) is 30.7 Å². The first kappa shape index (κ1) is 14.1. The molecule has 2 rings (SSSR count). The number of isocyanates is 2. The highest BCUT2D eigenvalue weighted by Crippen LogP contribution is 2.35. The van der Waals surface area contributed by atoms with Crippen LogP contribution >= 0.6 is 0 Å². The van der Waals surface area contributed by atoms with Crippen LogP contribution in [0.5, 0.6) is 0 Å². The molecule has 4 nitrogen and oxygen atoms in total. The topological polar surface area (TPSA) is 58.9 Å². The van der Waals surface area contributed by atoms with E-state index in [2.05, 4.69) is 23.0 Å². The summed E-state index contributed by atoms with van der Waals surface area (Å²) in [6.45, 7) is 4.00. The van der Waals surface area contributed by atoms with Crippen LogP contribution in [-0.2, 0) is 9.59 Å². The van der Waals surface area contributed by atoms with E-state index < -0.39 is 0 Å². The number of allylic oxidation sites excluding steroid dienone is 7. The first-order valence-electron chi connectivity index (χ1n) is 6.61. The molecule has 102 valence electrons. The second kappa shape index (κ2) is 6.25. The van der Waals surface area contributed by atoms with E-state index in [0.29, 0.717) is 11.6 Å². The zero-order chi connectivity index (χ0) is 14.5. The minimum Gasteiger partial charge on any atom is -0.211 e. The Morgan fingerprint density at radius 1 is 1.20 bits per heavy atom. The number of hydrogen-bond acceptors (Lipinski definition) is 4. The molecule has 0 spiro atoms. The summed E-state index contributed by atoms with van der Waals surface area (Å²) in [5.74, 6) is 0.546. The highest BCUT2D eigenvalue weighted by Gasteiger charge is 2.22. The molecule has 0 aliphatic heterocycles. The third-order valence-electron chi connectivity index (χ3n) is 3.75. The van der Waals surface area contributed by atoms with Gasteiger partial charge in [-0.05, 0) is 31.4 Å². The van der Waals surface area contributed by atoms with Crippen LogP contribution in [0.4, 0.5) is 0 Å². The van der Waals surface area contributed by atoms with Gasteiger partial charge in [-0.15, -0.1) is 0 Å². The van der Waals surface area contributed by atoms with Gasteiger partial charge in [0.1, 0.15) is 0 Å². The molecule has 0 bridgehead atoms. The number of carbonyl (C=O) groups excluding carboxylic acids is 2. The Morgan fingerprint density at radius 2 is 1.95 bits per heavy atom. The van der Waals surface area contributed by atoms with E-state index in [-0.39, 0.29) is 5.92 Å². The largest absolute Gasteiger partial charge is 0.240 e. The summed E-state index contributed by atoms with van der Waals surface area (Å²) in [5.41, 5.74) is 3.80. The SMILES string of the molecule is CC1=CC(C2=CC=C(N=C=O)C(C)C2)CC=C1N=C=O. The van der Waals surface area contributed by atoms with Crippen molar-refractivity contribution < 1.29 is 9.59 Å². The summed E-state index contributed by atoms with van der Waals surface area (Å²) in [6, 6.07) is 0. The summed E-state index contributed by atoms with van der Waals surface area (Å²) in [4.78, 5) is 28.1. The summed E-state index contributed by atoms with van der Waals surface area (Å²) >= 11 is 0. The van der Waals surface area contributed by atoms with E-state index in [1.165, 1.54) is 5.57 Å². The van der Waals surface area contributed by atoms with E-state index in [9.17, 15) is 9.59 Å². The van der Waals surface area contributed by atoms with Gasteiger partial charge in [-0.2, -0.15) is 9.98 Å². The molecule has 2 unspecified atom stereocenters. The normalized spacial score (nSPS) is 25.3. The minimum absolute atomic E-state index is 0.225. The van der Waals surface area contributed by atoms with Gasteiger partial charge in [0, 0.05) is 11.8 Å². The lowest BCUT2D eigenvalue weighted by Crippen LogP contribution is -2.12. The molecule has 0 N–H and O–H groups in total. The van der Waals surface area contributed by atoms with Gasteiger partial charge in [0.2, 0.25) is 12.2 Å². The second-order valence-electron chi connectivity index (χ2n) is 5.13. The van der Waals surface area contributed by atoms with Crippen molar-refractivity contribution in [2.45, 2.75) is 26.7 Å². The first-order valence-corrected chi connectivity index (χ1v) is 6.61. The van der Waals surface area contributed by atoms with E-state index in [0.717, 1.165) is 24.1 Å². The molecule has 20 heavy (non-hydrogen) atoms. The van der Waals surface area contributed by atoms with Crippen molar-refractivity contribution >= 4 is 12.2 Å². The van der Waals surface area contributed by atoms with Crippen LogP contribution < -0.4 is 0 Å². The Morgan fingerprint density at radius 3 is 2.55 bits per heavy atom. The van der Waals surface area contributed by atoms with Crippen molar-refractivity contribution in [1.29, 1.82) is 0 Å². The Labute approximate surface area is 118 Å². The Kier molecular flexibility index (Phi) is 4.41. The molecule has 2 atom stereocenters. The summed E-state index contributed by atoms with van der Waals surface area (Å²) in [5, 5.41) is 0. The lowest BCUT2D eigenvalue weighted by Gasteiger charge is -2.25. The molecule has 2 aliphatic rings. The lowest BCUT2D eigenvalue weighted by atomic mass is 9.81. The van der Waals surface area contributed by atoms with Gasteiger partial charge >= 0.3 is 0 Å². The standard InChI is InChI=1S/C16H16N2O2/c1-11-7-13(3-5-15(11)17-9-19)14-4-6-16(18-10-20)12(2)8-14/h3,5-6,8,11,14H,4,7H2,1-2H3. The van der Waals surface area contributed by atoms with Crippen molar-refractivity contribution in [1.82, 2.24) is 0 Å². The molecular formula is C16H16N2O2. The molecule has 0 aromatic carbocycles. The van der Waals surface area contributed by atoms with Gasteiger partial charge < -0.3 is 0 Å². The highest BCUT2D eigenvalue weighted by atomic mass is 16.1. The predicted octanol–water partition coefficient (Wildman–Crippen LogP) is 3.36. The third-order valence-corrected chi connectivity index (χ3v) is 3.75. The zero-order valence-corrected chi connectivity index (χ0v) is 11.6. The highest BCUT2D eigenvalue weighted by molar-refractivity contribution is 5.45. The Bertz CT molecular complexity index is 625. The molecule has 0 heterocycles. The third kappa shape index (κ3) is 3.00. The molecule has 0 aromatic heterocycles. The van der Waals surface area contributed by atoms with Crippen molar-refractivity contribution in [2.24, 2.45) is 21.8 Å².